The topological polar surface area (TPSA) is 95.9 Å². The van der Waals surface area contributed by atoms with Gasteiger partial charge in [0, 0.05) is 6.42 Å². The van der Waals surface area contributed by atoms with Crippen molar-refractivity contribution < 1.29 is 24.5 Å². The number of hydrogen-bond acceptors (Lipinski definition) is 4. The first kappa shape index (κ1) is 17.5. The standard InChI is InChI=1S/C18H19NO5/c20-16(21)18(23,12-11-14-7-3-1-4-8-14)19-17(22)24-13-15-9-5-2-6-10-15/h1-10,23H,11-13H2,(H,19,22)(H,20,21). The van der Waals surface area contributed by atoms with Crippen molar-refractivity contribution in [2.75, 3.05) is 0 Å². The number of carbonyl (C=O) groups is 2. The summed E-state index contributed by atoms with van der Waals surface area (Å²) in [7, 11) is 0. The summed E-state index contributed by atoms with van der Waals surface area (Å²) < 4.78 is 4.95. The van der Waals surface area contributed by atoms with E-state index in [1.807, 2.05) is 41.7 Å². The number of aliphatic hydroxyl groups is 1. The average molecular weight is 329 g/mol. The molecule has 0 aliphatic heterocycles. The van der Waals surface area contributed by atoms with Crippen molar-refractivity contribution in [2.24, 2.45) is 0 Å². The number of benzene rings is 2. The lowest BCUT2D eigenvalue weighted by Gasteiger charge is -2.24. The zero-order valence-electron chi connectivity index (χ0n) is 13.0. The van der Waals surface area contributed by atoms with Crippen LogP contribution in [0.3, 0.4) is 0 Å². The molecule has 2 aromatic rings. The SMILES string of the molecule is O=C(NC(O)(CCc1ccccc1)C(=O)O)OCc1ccccc1. The Morgan fingerprint density at radius 2 is 1.50 bits per heavy atom. The Balaban J connectivity index is 1.91. The molecule has 0 aliphatic rings. The molecule has 2 aromatic carbocycles. The molecule has 0 radical (unpaired) electrons. The molecule has 1 atom stereocenters. The van der Waals surface area contributed by atoms with Crippen LogP contribution >= 0.6 is 0 Å². The van der Waals surface area contributed by atoms with Gasteiger partial charge in [0.05, 0.1) is 0 Å². The molecule has 24 heavy (non-hydrogen) atoms. The molecule has 0 spiro atoms. The second kappa shape index (κ2) is 8.12. The molecule has 0 saturated carbocycles. The van der Waals surface area contributed by atoms with Gasteiger partial charge in [-0.05, 0) is 17.5 Å². The number of hydrogen-bond donors (Lipinski definition) is 3. The van der Waals surface area contributed by atoms with Crippen molar-refractivity contribution in [3.05, 3.63) is 71.8 Å². The highest BCUT2D eigenvalue weighted by molar-refractivity contribution is 5.82. The summed E-state index contributed by atoms with van der Waals surface area (Å²) in [6.07, 6.45) is -0.869. The predicted molar refractivity (Wildman–Crippen MR) is 87.1 cm³/mol. The Morgan fingerprint density at radius 1 is 0.958 bits per heavy atom. The maximum atomic E-state index is 11.8. The van der Waals surface area contributed by atoms with Crippen molar-refractivity contribution in [3.8, 4) is 0 Å². The molecule has 0 aliphatic carbocycles. The van der Waals surface area contributed by atoms with E-state index in [0.29, 0.717) is 6.42 Å². The van der Waals surface area contributed by atoms with Gasteiger partial charge in [-0.25, -0.2) is 9.59 Å². The Hall–Kier alpha value is -2.86. The van der Waals surface area contributed by atoms with Crippen LogP contribution in [0.15, 0.2) is 60.7 Å². The van der Waals surface area contributed by atoms with Gasteiger partial charge in [-0.3, -0.25) is 5.32 Å². The third-order valence-electron chi connectivity index (χ3n) is 3.49. The number of carboxylic acids is 1. The van der Waals surface area contributed by atoms with Crippen LogP contribution in [-0.4, -0.2) is 28.0 Å². The van der Waals surface area contributed by atoms with E-state index in [0.717, 1.165) is 11.1 Å². The summed E-state index contributed by atoms with van der Waals surface area (Å²) in [5, 5.41) is 21.5. The van der Waals surface area contributed by atoms with Gasteiger partial charge in [0.25, 0.3) is 0 Å². The molecule has 0 bridgehead atoms. The number of rotatable bonds is 7. The monoisotopic (exact) mass is 329 g/mol. The van der Waals surface area contributed by atoms with Crippen LogP contribution in [0.2, 0.25) is 0 Å². The molecule has 6 nitrogen and oxygen atoms in total. The maximum Gasteiger partial charge on any atom is 0.410 e. The average Bonchev–Trinajstić information content (AvgIpc) is 2.60. The lowest BCUT2D eigenvalue weighted by Crippen LogP contribution is -2.55. The van der Waals surface area contributed by atoms with E-state index in [1.165, 1.54) is 0 Å². The second-order valence-corrected chi connectivity index (χ2v) is 5.34. The Kier molecular flexibility index (Phi) is 5.92. The van der Waals surface area contributed by atoms with Crippen molar-refractivity contribution in [2.45, 2.75) is 25.2 Å². The van der Waals surface area contributed by atoms with Crippen LogP contribution in [0.4, 0.5) is 4.79 Å². The summed E-state index contributed by atoms with van der Waals surface area (Å²) in [6.45, 7) is -0.0128. The van der Waals surface area contributed by atoms with E-state index in [9.17, 15) is 19.8 Å². The summed E-state index contributed by atoms with van der Waals surface area (Å²) in [5.41, 5.74) is -0.767. The summed E-state index contributed by atoms with van der Waals surface area (Å²) in [6, 6.07) is 18.1. The molecule has 126 valence electrons. The third kappa shape index (κ3) is 5.10. The third-order valence-corrected chi connectivity index (χ3v) is 3.49. The number of carbonyl (C=O) groups excluding carboxylic acids is 1. The number of ether oxygens (including phenoxy) is 1. The lowest BCUT2D eigenvalue weighted by molar-refractivity contribution is -0.162. The van der Waals surface area contributed by atoms with E-state index in [-0.39, 0.29) is 13.0 Å². The molecule has 1 amide bonds. The number of carboxylic acid groups (broad SMARTS) is 1. The van der Waals surface area contributed by atoms with Crippen molar-refractivity contribution in [1.29, 1.82) is 0 Å². The van der Waals surface area contributed by atoms with E-state index < -0.39 is 17.8 Å². The molecular weight excluding hydrogens is 310 g/mol. The molecule has 2 rings (SSSR count). The van der Waals surface area contributed by atoms with E-state index in [2.05, 4.69) is 0 Å². The van der Waals surface area contributed by atoms with Gasteiger partial charge < -0.3 is 14.9 Å². The van der Waals surface area contributed by atoms with Gasteiger partial charge in [0.2, 0.25) is 5.72 Å². The van der Waals surface area contributed by atoms with Crippen LogP contribution in [0.5, 0.6) is 0 Å². The van der Waals surface area contributed by atoms with Gasteiger partial charge in [-0.15, -0.1) is 0 Å². The largest absolute Gasteiger partial charge is 0.478 e. The first-order valence-corrected chi connectivity index (χ1v) is 7.48. The first-order chi connectivity index (χ1) is 11.5. The highest BCUT2D eigenvalue weighted by Gasteiger charge is 2.38. The Morgan fingerprint density at radius 3 is 2.04 bits per heavy atom. The fourth-order valence-electron chi connectivity index (χ4n) is 2.12. The molecule has 1 unspecified atom stereocenters. The Bertz CT molecular complexity index is 674. The Labute approximate surface area is 139 Å². The van der Waals surface area contributed by atoms with Gasteiger partial charge in [0.15, 0.2) is 0 Å². The number of aryl methyl sites for hydroxylation is 1. The number of amides is 1. The van der Waals surface area contributed by atoms with Gasteiger partial charge >= 0.3 is 12.1 Å². The van der Waals surface area contributed by atoms with E-state index >= 15 is 0 Å². The minimum atomic E-state index is -2.39. The molecule has 0 aromatic heterocycles. The number of alkyl carbamates (subject to hydrolysis) is 1. The molecule has 3 N–H and O–H groups in total. The van der Waals surface area contributed by atoms with Crippen molar-refractivity contribution in [1.82, 2.24) is 5.32 Å². The molecule has 6 heteroatoms. The van der Waals surface area contributed by atoms with E-state index in [4.69, 9.17) is 4.74 Å². The molecule has 0 saturated heterocycles. The predicted octanol–water partition coefficient (Wildman–Crippen LogP) is 2.32. The van der Waals surface area contributed by atoms with Gasteiger partial charge in [0.1, 0.15) is 6.61 Å². The first-order valence-electron chi connectivity index (χ1n) is 7.48. The number of nitrogens with one attached hydrogen (secondary N) is 1. The van der Waals surface area contributed by atoms with Crippen LogP contribution in [0, 0.1) is 0 Å². The van der Waals surface area contributed by atoms with Crippen molar-refractivity contribution >= 4 is 12.1 Å². The minimum Gasteiger partial charge on any atom is -0.478 e. The zero-order chi connectivity index (χ0) is 17.4. The smallest absolute Gasteiger partial charge is 0.410 e. The second-order valence-electron chi connectivity index (χ2n) is 5.34. The normalized spacial score (nSPS) is 12.9. The number of aliphatic carboxylic acids is 1. The summed E-state index contributed by atoms with van der Waals surface area (Å²) in [4.78, 5) is 23.1. The fourth-order valence-corrected chi connectivity index (χ4v) is 2.12. The molecule has 0 heterocycles. The zero-order valence-corrected chi connectivity index (χ0v) is 13.0. The lowest BCUT2D eigenvalue weighted by atomic mass is 10.0. The highest BCUT2D eigenvalue weighted by atomic mass is 16.6. The minimum absolute atomic E-state index is 0.0128. The molecule has 0 fully saturated rings. The summed E-state index contributed by atoms with van der Waals surface area (Å²) in [5.74, 6) is -1.53. The van der Waals surface area contributed by atoms with Crippen LogP contribution in [-0.2, 0) is 22.6 Å². The fraction of sp³-hybridized carbons (Fsp3) is 0.222. The van der Waals surface area contributed by atoms with Crippen LogP contribution in [0.1, 0.15) is 17.5 Å². The van der Waals surface area contributed by atoms with Gasteiger partial charge in [-0.2, -0.15) is 0 Å². The van der Waals surface area contributed by atoms with E-state index in [1.54, 1.807) is 24.3 Å². The van der Waals surface area contributed by atoms with Crippen molar-refractivity contribution in [3.63, 3.8) is 0 Å². The summed E-state index contributed by atoms with van der Waals surface area (Å²) >= 11 is 0. The molecular formula is C18H19NO5. The highest BCUT2D eigenvalue weighted by Crippen LogP contribution is 2.13. The maximum absolute atomic E-state index is 11.8. The van der Waals surface area contributed by atoms with Gasteiger partial charge in [-0.1, -0.05) is 60.7 Å². The van der Waals surface area contributed by atoms with Crippen LogP contribution < -0.4 is 5.32 Å². The van der Waals surface area contributed by atoms with Crippen LogP contribution in [0.25, 0.3) is 0 Å². The quantitative estimate of drug-likeness (QED) is 0.678.